The highest BCUT2D eigenvalue weighted by Crippen LogP contribution is 2.28. The van der Waals surface area contributed by atoms with E-state index in [4.69, 9.17) is 16.3 Å². The number of halogens is 1. The summed E-state index contributed by atoms with van der Waals surface area (Å²) in [5.41, 5.74) is 0.637. The van der Waals surface area contributed by atoms with E-state index >= 15 is 0 Å². The van der Waals surface area contributed by atoms with Crippen LogP contribution in [-0.2, 0) is 14.6 Å². The van der Waals surface area contributed by atoms with Gasteiger partial charge in [-0.15, -0.1) is 11.3 Å². The fourth-order valence-electron chi connectivity index (χ4n) is 2.17. The molecule has 0 amide bonds. The van der Waals surface area contributed by atoms with Crippen molar-refractivity contribution in [1.29, 1.82) is 0 Å². The minimum absolute atomic E-state index is 0.0839. The summed E-state index contributed by atoms with van der Waals surface area (Å²) in [4.78, 5) is 6.31. The van der Waals surface area contributed by atoms with Gasteiger partial charge in [-0.2, -0.15) is 0 Å². The van der Waals surface area contributed by atoms with E-state index in [9.17, 15) is 8.42 Å². The lowest BCUT2D eigenvalue weighted by Crippen LogP contribution is -2.39. The molecule has 0 saturated carbocycles. The molecule has 8 heteroatoms. The molecule has 1 aliphatic rings. The lowest BCUT2D eigenvalue weighted by atomic mass is 10.3. The van der Waals surface area contributed by atoms with Gasteiger partial charge in [-0.05, 0) is 18.2 Å². The summed E-state index contributed by atoms with van der Waals surface area (Å²) in [5, 5.41) is 0.560. The highest BCUT2D eigenvalue weighted by Gasteiger charge is 2.21. The molecule has 0 bridgehead atoms. The molecular formula is C13H15ClN2O3S2. The lowest BCUT2D eigenvalue weighted by molar-refractivity contribution is 0.0408. The van der Waals surface area contributed by atoms with Gasteiger partial charge in [0.25, 0.3) is 0 Å². The topological polar surface area (TPSA) is 59.5 Å². The van der Waals surface area contributed by atoms with E-state index < -0.39 is 9.84 Å². The highest BCUT2D eigenvalue weighted by molar-refractivity contribution is 7.93. The first kappa shape index (κ1) is 15.2. The molecule has 0 unspecified atom stereocenters. The molecule has 0 aliphatic carbocycles. The molecule has 114 valence electrons. The Hall–Kier alpha value is -0.730. The number of rotatable bonds is 4. The van der Waals surface area contributed by atoms with Crippen LogP contribution in [0.25, 0.3) is 10.2 Å². The average Bonchev–Trinajstić information content (AvgIpc) is 2.90. The summed E-state index contributed by atoms with van der Waals surface area (Å²) in [7, 11) is -3.35. The molecule has 3 rings (SSSR count). The van der Waals surface area contributed by atoms with Crippen molar-refractivity contribution in [1.82, 2.24) is 9.88 Å². The number of nitrogens with zero attached hydrogens (tertiary/aromatic N) is 2. The number of morpholine rings is 1. The first-order chi connectivity index (χ1) is 10.0. The zero-order valence-electron chi connectivity index (χ0n) is 11.3. The van der Waals surface area contributed by atoms with Crippen LogP contribution in [0.4, 0.5) is 0 Å². The van der Waals surface area contributed by atoms with Gasteiger partial charge in [0.15, 0.2) is 0 Å². The smallest absolute Gasteiger partial charge is 0.210 e. The summed E-state index contributed by atoms with van der Waals surface area (Å²) in [6.45, 7) is 3.41. The Balaban J connectivity index is 1.76. The van der Waals surface area contributed by atoms with Gasteiger partial charge in [0.2, 0.25) is 14.2 Å². The molecule has 1 saturated heterocycles. The molecule has 0 atom stereocenters. The van der Waals surface area contributed by atoms with E-state index in [-0.39, 0.29) is 10.1 Å². The van der Waals surface area contributed by atoms with Gasteiger partial charge in [-0.3, -0.25) is 4.90 Å². The summed E-state index contributed by atoms with van der Waals surface area (Å²) in [5.74, 6) is 0.0839. The van der Waals surface area contributed by atoms with Crippen LogP contribution in [-0.4, -0.2) is 56.9 Å². The Bertz CT molecular complexity index is 739. The fraction of sp³-hybridized carbons (Fsp3) is 0.462. The van der Waals surface area contributed by atoms with Crippen molar-refractivity contribution in [3.8, 4) is 0 Å². The third-order valence-electron chi connectivity index (χ3n) is 3.38. The number of fused-ring (bicyclic) bond motifs is 1. The molecule has 0 radical (unpaired) electrons. The van der Waals surface area contributed by atoms with Crippen LogP contribution in [0.1, 0.15) is 0 Å². The van der Waals surface area contributed by atoms with Gasteiger partial charge in [-0.25, -0.2) is 13.4 Å². The molecule has 2 heterocycles. The Morgan fingerprint density at radius 1 is 1.33 bits per heavy atom. The number of hydrogen-bond acceptors (Lipinski definition) is 6. The predicted octanol–water partition coefficient (Wildman–Crippen LogP) is 2.06. The predicted molar refractivity (Wildman–Crippen MR) is 83.9 cm³/mol. The molecule has 2 aromatic rings. The van der Waals surface area contributed by atoms with E-state index in [1.165, 1.54) is 11.3 Å². The van der Waals surface area contributed by atoms with Crippen molar-refractivity contribution in [2.75, 3.05) is 38.6 Å². The van der Waals surface area contributed by atoms with E-state index in [0.29, 0.717) is 30.3 Å². The maximum atomic E-state index is 12.4. The largest absolute Gasteiger partial charge is 0.379 e. The Kier molecular flexibility index (Phi) is 4.46. The Morgan fingerprint density at radius 3 is 2.86 bits per heavy atom. The van der Waals surface area contributed by atoms with Crippen molar-refractivity contribution in [3.63, 3.8) is 0 Å². The van der Waals surface area contributed by atoms with Gasteiger partial charge in [0.05, 0.1) is 29.2 Å². The number of ether oxygens (including phenoxy) is 1. The number of thiazole rings is 1. The molecule has 0 N–H and O–H groups in total. The van der Waals surface area contributed by atoms with Crippen LogP contribution in [0.5, 0.6) is 0 Å². The average molecular weight is 347 g/mol. The minimum Gasteiger partial charge on any atom is -0.379 e. The first-order valence-corrected chi connectivity index (χ1v) is 9.48. The maximum Gasteiger partial charge on any atom is 0.210 e. The third kappa shape index (κ3) is 3.54. The quantitative estimate of drug-likeness (QED) is 0.848. The van der Waals surface area contributed by atoms with Gasteiger partial charge in [0, 0.05) is 24.7 Å². The SMILES string of the molecule is O=S(=O)(CCN1CCOCC1)c1nc2cc(Cl)ccc2s1. The number of aromatic nitrogens is 1. The second-order valence-corrected chi connectivity index (χ2v) is 8.61. The standard InChI is InChI=1S/C13H15ClN2O3S2/c14-10-1-2-12-11(9-10)15-13(20-12)21(17,18)8-5-16-3-6-19-7-4-16/h1-2,9H,3-8H2. The minimum atomic E-state index is -3.35. The van der Waals surface area contributed by atoms with E-state index in [2.05, 4.69) is 9.88 Å². The van der Waals surface area contributed by atoms with Crippen LogP contribution in [0.2, 0.25) is 5.02 Å². The molecule has 1 aliphatic heterocycles. The maximum absolute atomic E-state index is 12.4. The van der Waals surface area contributed by atoms with Gasteiger partial charge < -0.3 is 4.74 Å². The Labute approximate surface area is 132 Å². The number of sulfone groups is 1. The number of hydrogen-bond donors (Lipinski definition) is 0. The van der Waals surface area contributed by atoms with E-state index in [1.807, 2.05) is 0 Å². The molecule has 21 heavy (non-hydrogen) atoms. The normalized spacial score (nSPS) is 17.4. The molecule has 1 fully saturated rings. The Morgan fingerprint density at radius 2 is 2.10 bits per heavy atom. The summed E-state index contributed by atoms with van der Waals surface area (Å²) in [6.07, 6.45) is 0. The summed E-state index contributed by atoms with van der Waals surface area (Å²) in [6, 6.07) is 5.23. The molecule has 0 spiro atoms. The van der Waals surface area contributed by atoms with Crippen LogP contribution >= 0.6 is 22.9 Å². The highest BCUT2D eigenvalue weighted by atomic mass is 35.5. The van der Waals surface area contributed by atoms with Crippen molar-refractivity contribution >= 4 is 43.0 Å². The third-order valence-corrected chi connectivity index (χ3v) is 6.80. The van der Waals surface area contributed by atoms with E-state index in [1.54, 1.807) is 18.2 Å². The first-order valence-electron chi connectivity index (χ1n) is 6.63. The molecule has 1 aromatic carbocycles. The summed E-state index contributed by atoms with van der Waals surface area (Å²) >= 11 is 7.10. The molecule has 1 aromatic heterocycles. The van der Waals surface area contributed by atoms with Gasteiger partial charge in [0.1, 0.15) is 0 Å². The van der Waals surface area contributed by atoms with Crippen molar-refractivity contribution in [2.24, 2.45) is 0 Å². The van der Waals surface area contributed by atoms with Crippen LogP contribution in [0.3, 0.4) is 0 Å². The van der Waals surface area contributed by atoms with Gasteiger partial charge >= 0.3 is 0 Å². The van der Waals surface area contributed by atoms with Crippen LogP contribution in [0, 0.1) is 0 Å². The second-order valence-electron chi connectivity index (χ2n) is 4.86. The summed E-state index contributed by atoms with van der Waals surface area (Å²) < 4.78 is 31.0. The molecular weight excluding hydrogens is 332 g/mol. The lowest BCUT2D eigenvalue weighted by Gasteiger charge is -2.26. The van der Waals surface area contributed by atoms with Gasteiger partial charge in [-0.1, -0.05) is 11.6 Å². The van der Waals surface area contributed by atoms with Crippen LogP contribution < -0.4 is 0 Å². The van der Waals surface area contributed by atoms with Crippen molar-refractivity contribution in [2.45, 2.75) is 4.34 Å². The van der Waals surface area contributed by atoms with Crippen LogP contribution in [0.15, 0.2) is 22.5 Å². The zero-order valence-corrected chi connectivity index (χ0v) is 13.7. The van der Waals surface area contributed by atoms with Crippen molar-refractivity contribution in [3.05, 3.63) is 23.2 Å². The van der Waals surface area contributed by atoms with Crippen molar-refractivity contribution < 1.29 is 13.2 Å². The number of benzene rings is 1. The monoisotopic (exact) mass is 346 g/mol. The zero-order chi connectivity index (χ0) is 14.9. The fourth-order valence-corrected chi connectivity index (χ4v) is 4.96. The molecule has 5 nitrogen and oxygen atoms in total. The second kappa shape index (κ2) is 6.18. The van der Waals surface area contributed by atoms with E-state index in [0.717, 1.165) is 17.8 Å².